The summed E-state index contributed by atoms with van der Waals surface area (Å²) in [5.41, 5.74) is 1.95. The number of benzene rings is 1. The molecule has 1 unspecified atom stereocenters. The number of nitrogens with zero attached hydrogens (tertiary/aromatic N) is 2. The summed E-state index contributed by atoms with van der Waals surface area (Å²) in [5.74, 6) is 2.21. The Morgan fingerprint density at radius 1 is 1.35 bits per heavy atom. The van der Waals surface area contributed by atoms with E-state index in [1.165, 1.54) is 12.8 Å². The number of fused-ring (bicyclic) bond motifs is 1. The molecule has 4 rings (SSSR count). The molecule has 1 fully saturated rings. The smallest absolute Gasteiger partial charge is 0.323 e. The van der Waals surface area contributed by atoms with Gasteiger partial charge in [0.25, 0.3) is 5.89 Å². The van der Waals surface area contributed by atoms with E-state index in [2.05, 4.69) is 27.0 Å². The minimum absolute atomic E-state index is 0.237. The van der Waals surface area contributed by atoms with Crippen molar-refractivity contribution >= 4 is 11.0 Å². The van der Waals surface area contributed by atoms with Crippen molar-refractivity contribution in [3.05, 3.63) is 34.5 Å². The number of aromatic amines is 2. The molecular formula is C14H14N4O2. The predicted molar refractivity (Wildman–Crippen MR) is 73.4 cm³/mol. The maximum absolute atomic E-state index is 11.4. The molecule has 102 valence electrons. The molecule has 1 saturated carbocycles. The van der Waals surface area contributed by atoms with Crippen LogP contribution in [0, 0.1) is 5.92 Å². The van der Waals surface area contributed by atoms with E-state index >= 15 is 0 Å². The maximum Gasteiger partial charge on any atom is 0.323 e. The molecule has 1 aliphatic rings. The minimum Gasteiger partial charge on any atom is -0.334 e. The zero-order valence-electron chi connectivity index (χ0n) is 11.0. The van der Waals surface area contributed by atoms with Gasteiger partial charge in [0.2, 0.25) is 0 Å². The summed E-state index contributed by atoms with van der Waals surface area (Å²) in [4.78, 5) is 21.4. The lowest BCUT2D eigenvalue weighted by Crippen LogP contribution is -1.99. The number of para-hydroxylation sites is 1. The molecule has 0 spiro atoms. The zero-order chi connectivity index (χ0) is 13.7. The second kappa shape index (κ2) is 4.06. The third kappa shape index (κ3) is 1.76. The van der Waals surface area contributed by atoms with Crippen LogP contribution in [0.1, 0.15) is 31.5 Å². The number of nitrogens with one attached hydrogen (secondary N) is 2. The largest absolute Gasteiger partial charge is 0.334 e. The number of hydrogen-bond donors (Lipinski definition) is 2. The fourth-order valence-corrected chi connectivity index (χ4v) is 2.57. The first kappa shape index (κ1) is 11.5. The van der Waals surface area contributed by atoms with Crippen LogP contribution in [0.4, 0.5) is 0 Å². The van der Waals surface area contributed by atoms with Crippen LogP contribution in [0.3, 0.4) is 0 Å². The zero-order valence-corrected chi connectivity index (χ0v) is 11.0. The first-order valence-electron chi connectivity index (χ1n) is 6.77. The highest BCUT2D eigenvalue weighted by Crippen LogP contribution is 2.41. The summed E-state index contributed by atoms with van der Waals surface area (Å²) < 4.78 is 5.37. The molecule has 0 radical (unpaired) electrons. The summed E-state index contributed by atoms with van der Waals surface area (Å²) in [6.07, 6.45) is 2.48. The summed E-state index contributed by atoms with van der Waals surface area (Å²) in [7, 11) is 0. The van der Waals surface area contributed by atoms with Crippen molar-refractivity contribution in [2.24, 2.45) is 5.92 Å². The van der Waals surface area contributed by atoms with E-state index in [1.807, 2.05) is 18.2 Å². The molecule has 6 heteroatoms. The summed E-state index contributed by atoms with van der Waals surface area (Å²) in [6.45, 7) is 2.13. The van der Waals surface area contributed by atoms with Crippen LogP contribution in [0.15, 0.2) is 27.5 Å². The summed E-state index contributed by atoms with van der Waals surface area (Å²) in [5, 5.41) is 4.08. The summed E-state index contributed by atoms with van der Waals surface area (Å²) >= 11 is 0. The van der Waals surface area contributed by atoms with Crippen molar-refractivity contribution in [2.45, 2.75) is 25.7 Å². The van der Waals surface area contributed by atoms with Gasteiger partial charge in [-0.2, -0.15) is 4.98 Å². The molecule has 0 amide bonds. The first-order valence-corrected chi connectivity index (χ1v) is 6.77. The lowest BCUT2D eigenvalue weighted by molar-refractivity contribution is 0.414. The monoisotopic (exact) mass is 270 g/mol. The van der Waals surface area contributed by atoms with Crippen molar-refractivity contribution in [3.63, 3.8) is 0 Å². The van der Waals surface area contributed by atoms with Crippen molar-refractivity contribution in [1.82, 2.24) is 20.1 Å². The van der Waals surface area contributed by atoms with Gasteiger partial charge in [-0.1, -0.05) is 18.1 Å². The van der Waals surface area contributed by atoms with Crippen LogP contribution in [-0.2, 0) is 0 Å². The van der Waals surface area contributed by atoms with E-state index in [1.54, 1.807) is 0 Å². The van der Waals surface area contributed by atoms with Crippen LogP contribution in [0.25, 0.3) is 22.5 Å². The highest BCUT2D eigenvalue weighted by atomic mass is 16.5. The van der Waals surface area contributed by atoms with Crippen LogP contribution >= 0.6 is 0 Å². The Morgan fingerprint density at radius 2 is 2.20 bits per heavy atom. The quantitative estimate of drug-likeness (QED) is 0.765. The molecule has 6 nitrogen and oxygen atoms in total. The Labute approximate surface area is 114 Å². The number of aromatic nitrogens is 4. The molecule has 1 aromatic carbocycles. The molecule has 2 aromatic heterocycles. The molecule has 20 heavy (non-hydrogen) atoms. The molecule has 0 bridgehead atoms. The highest BCUT2D eigenvalue weighted by molar-refractivity contribution is 5.89. The van der Waals surface area contributed by atoms with E-state index in [0.717, 1.165) is 16.9 Å². The Bertz CT molecular complexity index is 825. The Kier molecular flexibility index (Phi) is 2.33. The van der Waals surface area contributed by atoms with E-state index in [0.29, 0.717) is 23.2 Å². The molecule has 1 atom stereocenters. The number of imidazole rings is 1. The number of hydrogen-bond acceptors (Lipinski definition) is 4. The van der Waals surface area contributed by atoms with Crippen LogP contribution in [0.5, 0.6) is 0 Å². The van der Waals surface area contributed by atoms with E-state index < -0.39 is 0 Å². The second-order valence-electron chi connectivity index (χ2n) is 5.39. The third-order valence-electron chi connectivity index (χ3n) is 3.96. The Balaban J connectivity index is 1.80. The predicted octanol–water partition coefficient (Wildman–Crippen LogP) is 2.42. The van der Waals surface area contributed by atoms with E-state index in [4.69, 9.17) is 4.52 Å². The Morgan fingerprint density at radius 3 is 3.00 bits per heavy atom. The SMILES string of the molecule is CC(c1noc(-c2cccc3[nH]c(=O)[nH]c23)n1)C1CC1. The average Bonchev–Trinajstić information content (AvgIpc) is 3.04. The molecule has 1 aliphatic carbocycles. The van der Waals surface area contributed by atoms with E-state index in [9.17, 15) is 4.79 Å². The van der Waals surface area contributed by atoms with Gasteiger partial charge in [0.05, 0.1) is 16.6 Å². The van der Waals surface area contributed by atoms with Crippen LogP contribution in [0.2, 0.25) is 0 Å². The van der Waals surface area contributed by atoms with Gasteiger partial charge >= 0.3 is 5.69 Å². The lowest BCUT2D eigenvalue weighted by Gasteiger charge is -2.01. The van der Waals surface area contributed by atoms with Crippen molar-refractivity contribution in [3.8, 4) is 11.5 Å². The second-order valence-corrected chi connectivity index (χ2v) is 5.39. The Hall–Kier alpha value is -2.37. The molecule has 0 saturated heterocycles. The van der Waals surface area contributed by atoms with Gasteiger partial charge < -0.3 is 14.5 Å². The van der Waals surface area contributed by atoms with Gasteiger partial charge in [-0.15, -0.1) is 0 Å². The fourth-order valence-electron chi connectivity index (χ4n) is 2.57. The first-order chi connectivity index (χ1) is 9.72. The normalized spacial score (nSPS) is 16.6. The maximum atomic E-state index is 11.4. The van der Waals surface area contributed by atoms with Gasteiger partial charge in [-0.05, 0) is 30.9 Å². The lowest BCUT2D eigenvalue weighted by atomic mass is 10.1. The highest BCUT2D eigenvalue weighted by Gasteiger charge is 2.32. The van der Waals surface area contributed by atoms with Gasteiger partial charge in [-0.3, -0.25) is 0 Å². The van der Waals surface area contributed by atoms with Crippen molar-refractivity contribution < 1.29 is 4.52 Å². The molecule has 3 aromatic rings. The van der Waals surface area contributed by atoms with Crippen LogP contribution in [-0.4, -0.2) is 20.1 Å². The standard InChI is InChI=1S/C14H14N4O2/c1-7(8-5-6-8)12-17-13(20-18-12)9-3-2-4-10-11(9)16-14(19)15-10/h2-4,7-8H,5-6H2,1H3,(H2,15,16,19). The van der Waals surface area contributed by atoms with Gasteiger partial charge in [0, 0.05) is 5.92 Å². The topological polar surface area (TPSA) is 87.6 Å². The van der Waals surface area contributed by atoms with Crippen molar-refractivity contribution in [2.75, 3.05) is 0 Å². The molecule has 0 aliphatic heterocycles. The fraction of sp³-hybridized carbons (Fsp3) is 0.357. The van der Waals surface area contributed by atoms with Crippen molar-refractivity contribution in [1.29, 1.82) is 0 Å². The van der Waals surface area contributed by atoms with Gasteiger partial charge in [0.1, 0.15) is 0 Å². The minimum atomic E-state index is -0.237. The third-order valence-corrected chi connectivity index (χ3v) is 3.96. The number of rotatable bonds is 3. The van der Waals surface area contributed by atoms with E-state index in [-0.39, 0.29) is 5.69 Å². The molecular weight excluding hydrogens is 256 g/mol. The van der Waals surface area contributed by atoms with Gasteiger partial charge in [-0.25, -0.2) is 4.79 Å². The van der Waals surface area contributed by atoms with Crippen LogP contribution < -0.4 is 5.69 Å². The number of H-pyrrole nitrogens is 2. The summed E-state index contributed by atoms with van der Waals surface area (Å²) in [6, 6.07) is 5.56. The molecule has 2 N–H and O–H groups in total. The molecule has 2 heterocycles. The van der Waals surface area contributed by atoms with Gasteiger partial charge in [0.15, 0.2) is 5.82 Å². The average molecular weight is 270 g/mol.